The Morgan fingerprint density at radius 2 is 1.89 bits per heavy atom. The Morgan fingerprint density at radius 1 is 1.19 bits per heavy atom. The molecule has 5 nitrogen and oxygen atoms in total. The highest BCUT2D eigenvalue weighted by Crippen LogP contribution is 2.44. The van der Waals surface area contributed by atoms with Crippen LogP contribution in [0.1, 0.15) is 18.4 Å². The van der Waals surface area contributed by atoms with Gasteiger partial charge in [-0.1, -0.05) is 59.6 Å². The van der Waals surface area contributed by atoms with E-state index in [0.29, 0.717) is 22.2 Å². The highest BCUT2D eigenvalue weighted by molar-refractivity contribution is 6.35. The lowest BCUT2D eigenvalue weighted by Crippen LogP contribution is -2.58. The number of rotatable bonds is 3. The minimum Gasteiger partial charge on any atom is -0.356 e. The molecule has 0 radical (unpaired) electrons. The van der Waals surface area contributed by atoms with Gasteiger partial charge >= 0.3 is 0 Å². The smallest absolute Gasteiger partial charge is 0.249 e. The number of nitrogens with one attached hydrogen (secondary N) is 1. The summed E-state index contributed by atoms with van der Waals surface area (Å²) in [7, 11) is 1.60. The molecule has 0 spiro atoms. The summed E-state index contributed by atoms with van der Waals surface area (Å²) < 4.78 is 11.7. The van der Waals surface area contributed by atoms with Crippen LogP contribution in [0.15, 0.2) is 60.3 Å². The van der Waals surface area contributed by atoms with Crippen LogP contribution in [-0.4, -0.2) is 19.3 Å². The summed E-state index contributed by atoms with van der Waals surface area (Å²) in [5.74, 6) is -0.161. The molecule has 0 unspecified atom stereocenters. The number of amides is 1. The number of carbonyl (C=O) groups excluding carboxylic acids is 1. The molecule has 0 saturated carbocycles. The number of fused-ring (bicyclic) bond motifs is 1. The van der Waals surface area contributed by atoms with Gasteiger partial charge in [0.05, 0.1) is 17.8 Å². The van der Waals surface area contributed by atoms with Gasteiger partial charge in [0.25, 0.3) is 0 Å². The third kappa shape index (κ3) is 3.32. The lowest BCUT2D eigenvalue weighted by molar-refractivity contribution is -0.204. The van der Waals surface area contributed by atoms with E-state index in [0.717, 1.165) is 11.3 Å². The van der Waals surface area contributed by atoms with Crippen molar-refractivity contribution in [1.29, 1.82) is 0 Å². The second-order valence-electron chi connectivity index (χ2n) is 6.48. The van der Waals surface area contributed by atoms with Gasteiger partial charge in [0.15, 0.2) is 6.29 Å². The lowest BCUT2D eigenvalue weighted by atomic mass is 9.83. The van der Waals surface area contributed by atoms with Crippen LogP contribution in [0.2, 0.25) is 10.0 Å². The predicted octanol–water partition coefficient (Wildman–Crippen LogP) is 4.41. The third-order valence-electron chi connectivity index (χ3n) is 4.77. The van der Waals surface area contributed by atoms with E-state index < -0.39 is 11.9 Å². The molecular weight excluding hydrogens is 387 g/mol. The zero-order chi connectivity index (χ0) is 19.0. The van der Waals surface area contributed by atoms with Crippen LogP contribution in [0.3, 0.4) is 0 Å². The van der Waals surface area contributed by atoms with Crippen molar-refractivity contribution in [3.05, 3.63) is 75.9 Å². The quantitative estimate of drug-likeness (QED) is 0.822. The highest BCUT2D eigenvalue weighted by atomic mass is 35.5. The van der Waals surface area contributed by atoms with E-state index in [9.17, 15) is 4.79 Å². The van der Waals surface area contributed by atoms with Crippen LogP contribution in [0.5, 0.6) is 0 Å². The topological polar surface area (TPSA) is 50.8 Å². The summed E-state index contributed by atoms with van der Waals surface area (Å²) in [6.07, 6.45) is 2.29. The average Bonchev–Trinajstić information content (AvgIpc) is 2.66. The molecule has 1 fully saturated rings. The first-order valence-electron chi connectivity index (χ1n) is 8.54. The predicted molar refractivity (Wildman–Crippen MR) is 104 cm³/mol. The monoisotopic (exact) mass is 404 g/mol. The van der Waals surface area contributed by atoms with E-state index >= 15 is 0 Å². The first-order valence-corrected chi connectivity index (χ1v) is 9.30. The van der Waals surface area contributed by atoms with Crippen molar-refractivity contribution in [3.63, 3.8) is 0 Å². The zero-order valence-electron chi connectivity index (χ0n) is 14.6. The molecule has 27 heavy (non-hydrogen) atoms. The van der Waals surface area contributed by atoms with Crippen LogP contribution in [0, 0.1) is 0 Å². The molecule has 2 aliphatic heterocycles. The van der Waals surface area contributed by atoms with Crippen molar-refractivity contribution in [2.24, 2.45) is 0 Å². The summed E-state index contributed by atoms with van der Waals surface area (Å²) in [6.45, 7) is 0. The van der Waals surface area contributed by atoms with Crippen molar-refractivity contribution in [3.8, 4) is 0 Å². The Morgan fingerprint density at radius 3 is 2.56 bits per heavy atom. The minimum absolute atomic E-state index is 0.125. The number of hydrogen-bond donors (Lipinski definition) is 1. The molecule has 0 aliphatic carbocycles. The van der Waals surface area contributed by atoms with E-state index in [-0.39, 0.29) is 12.3 Å². The number of anilines is 1. The van der Waals surface area contributed by atoms with E-state index in [1.807, 2.05) is 36.4 Å². The van der Waals surface area contributed by atoms with Crippen LogP contribution in [0.4, 0.5) is 5.69 Å². The molecule has 0 aromatic heterocycles. The Bertz CT molecular complexity index is 883. The summed E-state index contributed by atoms with van der Waals surface area (Å²) in [5, 5.41) is 2.38. The van der Waals surface area contributed by atoms with Crippen LogP contribution >= 0.6 is 23.2 Å². The maximum absolute atomic E-state index is 13.1. The Labute approximate surface area is 167 Å². The normalized spacial score (nSPS) is 24.9. The molecule has 2 atom stereocenters. The second-order valence-corrected chi connectivity index (χ2v) is 7.35. The number of halogens is 2. The molecule has 1 N–H and O–H groups in total. The van der Waals surface area contributed by atoms with Gasteiger partial charge in [-0.05, 0) is 23.8 Å². The molecule has 2 aromatic carbocycles. The standard InChI is InChI=1S/C20H18Cl2N2O3/c1-26-19-8-7-17-20(27-19,13-5-3-2-4-6-13)12-18(25)24(23-17)16-10-14(21)9-15(22)11-16/h2-7,9-11,19,23H,8,12H2,1H3/t19-,20+/m0/s1. The second kappa shape index (κ2) is 7.17. The largest absolute Gasteiger partial charge is 0.356 e. The van der Waals surface area contributed by atoms with Crippen LogP contribution in [0.25, 0.3) is 0 Å². The number of methoxy groups -OCH3 is 1. The Kier molecular flexibility index (Phi) is 4.86. The fourth-order valence-electron chi connectivity index (χ4n) is 3.52. The average molecular weight is 405 g/mol. The molecule has 1 amide bonds. The van der Waals surface area contributed by atoms with Gasteiger partial charge in [-0.25, -0.2) is 5.01 Å². The van der Waals surface area contributed by atoms with E-state index in [2.05, 4.69) is 5.43 Å². The first-order chi connectivity index (χ1) is 13.0. The van der Waals surface area contributed by atoms with Gasteiger partial charge in [-0.2, -0.15) is 0 Å². The number of nitrogens with zero attached hydrogens (tertiary/aromatic N) is 1. The summed E-state index contributed by atoms with van der Waals surface area (Å²) in [5.41, 5.74) is 4.54. The SMILES string of the molecule is CO[C@@H]1CC=C2NN(c3cc(Cl)cc(Cl)c3)C(=O)C[C@]2(c2ccccc2)O1. The summed E-state index contributed by atoms with van der Waals surface area (Å²) >= 11 is 12.2. The number of carbonyl (C=O) groups is 1. The van der Waals surface area contributed by atoms with Crippen molar-refractivity contribution in [1.82, 2.24) is 5.43 Å². The van der Waals surface area contributed by atoms with E-state index in [4.69, 9.17) is 32.7 Å². The van der Waals surface area contributed by atoms with E-state index in [1.165, 1.54) is 5.01 Å². The van der Waals surface area contributed by atoms with Crippen molar-refractivity contribution in [2.45, 2.75) is 24.7 Å². The summed E-state index contributed by atoms with van der Waals surface area (Å²) in [6, 6.07) is 14.7. The fraction of sp³-hybridized carbons (Fsp3) is 0.250. The maximum atomic E-state index is 13.1. The number of benzene rings is 2. The van der Waals surface area contributed by atoms with Crippen molar-refractivity contribution >= 4 is 34.8 Å². The molecule has 4 rings (SSSR count). The third-order valence-corrected chi connectivity index (χ3v) is 5.21. The minimum atomic E-state index is -0.920. The van der Waals surface area contributed by atoms with Gasteiger partial charge in [0.1, 0.15) is 5.60 Å². The molecule has 1 saturated heterocycles. The first kappa shape index (κ1) is 18.3. The molecule has 140 valence electrons. The Balaban J connectivity index is 1.76. The van der Waals surface area contributed by atoms with Crippen LogP contribution < -0.4 is 10.4 Å². The van der Waals surface area contributed by atoms with Crippen molar-refractivity contribution in [2.75, 3.05) is 12.1 Å². The van der Waals surface area contributed by atoms with Crippen molar-refractivity contribution < 1.29 is 14.3 Å². The molecule has 2 heterocycles. The summed E-state index contributed by atoms with van der Waals surface area (Å²) in [4.78, 5) is 13.1. The molecule has 7 heteroatoms. The molecular formula is C20H18Cl2N2O3. The fourth-order valence-corrected chi connectivity index (χ4v) is 4.03. The van der Waals surface area contributed by atoms with Gasteiger partial charge < -0.3 is 9.47 Å². The number of hydrogen-bond acceptors (Lipinski definition) is 4. The van der Waals surface area contributed by atoms with Gasteiger partial charge in [0.2, 0.25) is 5.91 Å². The van der Waals surface area contributed by atoms with Gasteiger partial charge in [-0.15, -0.1) is 0 Å². The highest BCUT2D eigenvalue weighted by Gasteiger charge is 2.49. The maximum Gasteiger partial charge on any atom is 0.249 e. The Hall–Kier alpha value is -2.05. The molecule has 2 aliphatic rings. The van der Waals surface area contributed by atoms with Crippen LogP contribution in [-0.2, 0) is 19.9 Å². The number of hydrazine groups is 1. The van der Waals surface area contributed by atoms with Gasteiger partial charge in [-0.3, -0.25) is 10.2 Å². The zero-order valence-corrected chi connectivity index (χ0v) is 16.1. The van der Waals surface area contributed by atoms with E-state index in [1.54, 1.807) is 25.3 Å². The molecule has 2 aromatic rings. The molecule has 0 bridgehead atoms. The number of ether oxygens (including phenoxy) is 2. The van der Waals surface area contributed by atoms with Gasteiger partial charge in [0, 0.05) is 23.6 Å². The lowest BCUT2D eigenvalue weighted by Gasteiger charge is -2.47.